The van der Waals surface area contributed by atoms with E-state index in [0.29, 0.717) is 18.2 Å². The molecule has 1 saturated carbocycles. The second-order valence-corrected chi connectivity index (χ2v) is 5.36. The number of nitrogens with one attached hydrogen (secondary N) is 1. The van der Waals surface area contributed by atoms with E-state index in [0.717, 1.165) is 17.9 Å². The Morgan fingerprint density at radius 1 is 1.10 bits per heavy atom. The summed E-state index contributed by atoms with van der Waals surface area (Å²) >= 11 is 0. The van der Waals surface area contributed by atoms with E-state index in [9.17, 15) is 0 Å². The molecule has 0 saturated heterocycles. The van der Waals surface area contributed by atoms with Crippen molar-refractivity contribution in [2.45, 2.75) is 32.0 Å². The van der Waals surface area contributed by atoms with Crippen LogP contribution in [0.15, 0.2) is 48.5 Å². The third kappa shape index (κ3) is 3.84. The van der Waals surface area contributed by atoms with E-state index in [1.54, 1.807) is 0 Å². The Bertz CT molecular complexity index is 639. The van der Waals surface area contributed by atoms with Gasteiger partial charge in [-0.25, -0.2) is 0 Å². The Kier molecular flexibility index (Phi) is 4.18. The van der Waals surface area contributed by atoms with Crippen molar-refractivity contribution in [1.82, 2.24) is 5.32 Å². The molecule has 3 rings (SSSR count). The van der Waals surface area contributed by atoms with Gasteiger partial charge in [0.05, 0.1) is 11.6 Å². The first-order valence-corrected chi connectivity index (χ1v) is 7.28. The third-order valence-electron chi connectivity index (χ3n) is 3.61. The zero-order valence-corrected chi connectivity index (χ0v) is 11.9. The molecular formula is C18H18N2O. The van der Waals surface area contributed by atoms with Gasteiger partial charge >= 0.3 is 0 Å². The molecule has 1 aliphatic rings. The molecule has 0 aromatic heterocycles. The van der Waals surface area contributed by atoms with Gasteiger partial charge in [-0.3, -0.25) is 0 Å². The third-order valence-corrected chi connectivity index (χ3v) is 3.61. The van der Waals surface area contributed by atoms with Gasteiger partial charge < -0.3 is 10.1 Å². The summed E-state index contributed by atoms with van der Waals surface area (Å²) in [5.74, 6) is 0.926. The SMILES string of the molecule is N#Cc1ccc(COc2ccccc2CNC2CC2)cc1. The number of ether oxygens (including phenoxy) is 1. The van der Waals surface area contributed by atoms with Crippen LogP contribution in [-0.2, 0) is 13.2 Å². The molecular weight excluding hydrogens is 260 g/mol. The standard InChI is InChI=1S/C18H18N2O/c19-11-14-5-7-15(8-6-14)13-21-18-4-2-1-3-16(18)12-20-17-9-10-17/h1-8,17,20H,9-10,12-13H2. The summed E-state index contributed by atoms with van der Waals surface area (Å²) in [5, 5.41) is 12.3. The molecule has 0 radical (unpaired) electrons. The maximum absolute atomic E-state index is 8.79. The molecule has 3 heteroatoms. The molecule has 21 heavy (non-hydrogen) atoms. The van der Waals surface area contributed by atoms with Crippen molar-refractivity contribution in [3.8, 4) is 11.8 Å². The van der Waals surface area contributed by atoms with E-state index in [-0.39, 0.29) is 0 Å². The van der Waals surface area contributed by atoms with Gasteiger partial charge in [-0.2, -0.15) is 5.26 Å². The molecule has 0 atom stereocenters. The van der Waals surface area contributed by atoms with E-state index < -0.39 is 0 Å². The van der Waals surface area contributed by atoms with Gasteiger partial charge in [0.25, 0.3) is 0 Å². The van der Waals surface area contributed by atoms with E-state index in [1.807, 2.05) is 42.5 Å². The Morgan fingerprint density at radius 2 is 1.86 bits per heavy atom. The summed E-state index contributed by atoms with van der Waals surface area (Å²) in [5.41, 5.74) is 2.93. The van der Waals surface area contributed by atoms with Crippen LogP contribution in [0.1, 0.15) is 29.5 Å². The number of rotatable bonds is 6. The van der Waals surface area contributed by atoms with E-state index in [2.05, 4.69) is 17.5 Å². The van der Waals surface area contributed by atoms with Crippen molar-refractivity contribution in [3.63, 3.8) is 0 Å². The Balaban J connectivity index is 1.62. The molecule has 3 nitrogen and oxygen atoms in total. The molecule has 0 spiro atoms. The van der Waals surface area contributed by atoms with Gasteiger partial charge in [0.1, 0.15) is 12.4 Å². The molecule has 0 aliphatic heterocycles. The smallest absolute Gasteiger partial charge is 0.124 e. The number of nitrogens with zero attached hydrogens (tertiary/aromatic N) is 1. The highest BCUT2D eigenvalue weighted by Crippen LogP contribution is 2.23. The van der Waals surface area contributed by atoms with Gasteiger partial charge in [0.15, 0.2) is 0 Å². The first kappa shape index (κ1) is 13.7. The van der Waals surface area contributed by atoms with E-state index in [4.69, 9.17) is 10.00 Å². The van der Waals surface area contributed by atoms with Crippen LogP contribution in [0.2, 0.25) is 0 Å². The minimum atomic E-state index is 0.520. The number of nitriles is 1. The monoisotopic (exact) mass is 278 g/mol. The fourth-order valence-corrected chi connectivity index (χ4v) is 2.17. The second kappa shape index (κ2) is 6.43. The molecule has 1 aliphatic carbocycles. The van der Waals surface area contributed by atoms with Crippen LogP contribution < -0.4 is 10.1 Å². The lowest BCUT2D eigenvalue weighted by Gasteiger charge is -2.12. The van der Waals surface area contributed by atoms with Crippen LogP contribution in [0.3, 0.4) is 0 Å². The first-order valence-electron chi connectivity index (χ1n) is 7.28. The Morgan fingerprint density at radius 3 is 2.57 bits per heavy atom. The Hall–Kier alpha value is -2.31. The largest absolute Gasteiger partial charge is 0.489 e. The zero-order valence-electron chi connectivity index (χ0n) is 11.9. The molecule has 0 amide bonds. The molecule has 106 valence electrons. The van der Waals surface area contributed by atoms with Crippen LogP contribution in [-0.4, -0.2) is 6.04 Å². The highest BCUT2D eigenvalue weighted by molar-refractivity contribution is 5.34. The van der Waals surface area contributed by atoms with Gasteiger partial charge in [0.2, 0.25) is 0 Å². The summed E-state index contributed by atoms with van der Waals surface area (Å²) in [4.78, 5) is 0. The van der Waals surface area contributed by atoms with Crippen molar-refractivity contribution in [3.05, 3.63) is 65.2 Å². The van der Waals surface area contributed by atoms with Gasteiger partial charge in [-0.05, 0) is 36.6 Å². The summed E-state index contributed by atoms with van der Waals surface area (Å²) in [6.07, 6.45) is 2.57. The zero-order chi connectivity index (χ0) is 14.5. The van der Waals surface area contributed by atoms with Crippen molar-refractivity contribution >= 4 is 0 Å². The van der Waals surface area contributed by atoms with Crippen LogP contribution in [0.25, 0.3) is 0 Å². The predicted molar refractivity (Wildman–Crippen MR) is 81.8 cm³/mol. The molecule has 2 aromatic carbocycles. The van der Waals surface area contributed by atoms with Gasteiger partial charge in [-0.1, -0.05) is 30.3 Å². The van der Waals surface area contributed by atoms with Crippen LogP contribution in [0.4, 0.5) is 0 Å². The quantitative estimate of drug-likeness (QED) is 0.881. The molecule has 1 fully saturated rings. The second-order valence-electron chi connectivity index (χ2n) is 5.36. The highest BCUT2D eigenvalue weighted by Gasteiger charge is 2.20. The van der Waals surface area contributed by atoms with Crippen molar-refractivity contribution in [1.29, 1.82) is 5.26 Å². The lowest BCUT2D eigenvalue weighted by Crippen LogP contribution is -2.16. The van der Waals surface area contributed by atoms with Crippen LogP contribution in [0, 0.1) is 11.3 Å². The molecule has 1 N–H and O–H groups in total. The summed E-state index contributed by atoms with van der Waals surface area (Å²) in [6, 6.07) is 18.5. The maximum Gasteiger partial charge on any atom is 0.124 e. The Labute approximate surface area is 125 Å². The first-order chi connectivity index (χ1) is 10.3. The van der Waals surface area contributed by atoms with Crippen molar-refractivity contribution < 1.29 is 4.74 Å². The average Bonchev–Trinajstić information content (AvgIpc) is 3.36. The number of para-hydroxylation sites is 1. The fraction of sp³-hybridized carbons (Fsp3) is 0.278. The summed E-state index contributed by atoms with van der Waals surface area (Å²) in [6.45, 7) is 1.38. The summed E-state index contributed by atoms with van der Waals surface area (Å²) < 4.78 is 5.93. The fourth-order valence-electron chi connectivity index (χ4n) is 2.17. The minimum absolute atomic E-state index is 0.520. The van der Waals surface area contributed by atoms with Crippen LogP contribution >= 0.6 is 0 Å². The summed E-state index contributed by atoms with van der Waals surface area (Å²) in [7, 11) is 0. The molecule has 0 unspecified atom stereocenters. The lowest BCUT2D eigenvalue weighted by molar-refractivity contribution is 0.302. The van der Waals surface area contributed by atoms with Crippen molar-refractivity contribution in [2.75, 3.05) is 0 Å². The van der Waals surface area contributed by atoms with Crippen LogP contribution in [0.5, 0.6) is 5.75 Å². The van der Waals surface area contributed by atoms with Gasteiger partial charge in [-0.15, -0.1) is 0 Å². The van der Waals surface area contributed by atoms with E-state index in [1.165, 1.54) is 18.4 Å². The number of hydrogen-bond acceptors (Lipinski definition) is 3. The number of hydrogen-bond donors (Lipinski definition) is 1. The normalized spacial score (nSPS) is 13.7. The number of benzene rings is 2. The van der Waals surface area contributed by atoms with E-state index >= 15 is 0 Å². The van der Waals surface area contributed by atoms with Gasteiger partial charge in [0, 0.05) is 18.2 Å². The highest BCUT2D eigenvalue weighted by atomic mass is 16.5. The maximum atomic E-state index is 8.79. The lowest BCUT2D eigenvalue weighted by atomic mass is 10.1. The topological polar surface area (TPSA) is 45.0 Å². The average molecular weight is 278 g/mol. The minimum Gasteiger partial charge on any atom is -0.489 e. The molecule has 2 aromatic rings. The van der Waals surface area contributed by atoms with Crippen molar-refractivity contribution in [2.24, 2.45) is 0 Å². The molecule has 0 bridgehead atoms. The predicted octanol–water partition coefficient (Wildman–Crippen LogP) is 3.39. The molecule has 0 heterocycles.